The SMILES string of the molecule is CS[C@H](CO)CC(N)=O. The van der Waals surface area contributed by atoms with Gasteiger partial charge in [-0.15, -0.1) is 0 Å². The van der Waals surface area contributed by atoms with Gasteiger partial charge in [-0.2, -0.15) is 11.8 Å². The number of primary amides is 1. The molecule has 0 heterocycles. The van der Waals surface area contributed by atoms with Crippen LogP contribution >= 0.6 is 11.8 Å². The second-order valence-corrected chi connectivity index (χ2v) is 2.85. The maximum Gasteiger partial charge on any atom is 0.218 e. The molecular formula is C5H11NO2S. The van der Waals surface area contributed by atoms with Gasteiger partial charge in [-0.3, -0.25) is 4.79 Å². The van der Waals surface area contributed by atoms with Gasteiger partial charge in [-0.1, -0.05) is 0 Å². The van der Waals surface area contributed by atoms with E-state index in [2.05, 4.69) is 0 Å². The van der Waals surface area contributed by atoms with Gasteiger partial charge < -0.3 is 10.8 Å². The van der Waals surface area contributed by atoms with Crippen molar-refractivity contribution in [1.29, 1.82) is 0 Å². The van der Waals surface area contributed by atoms with Crippen LogP contribution in [0.1, 0.15) is 6.42 Å². The molecule has 1 atom stereocenters. The van der Waals surface area contributed by atoms with E-state index in [0.717, 1.165) is 0 Å². The topological polar surface area (TPSA) is 63.3 Å². The molecule has 0 aromatic rings. The van der Waals surface area contributed by atoms with Crippen molar-refractivity contribution in [3.05, 3.63) is 0 Å². The van der Waals surface area contributed by atoms with Crippen LogP contribution in [-0.2, 0) is 4.79 Å². The molecule has 54 valence electrons. The Kier molecular flexibility index (Phi) is 4.53. The number of amides is 1. The summed E-state index contributed by atoms with van der Waals surface area (Å²) in [5.74, 6) is -0.358. The number of thioether (sulfide) groups is 1. The van der Waals surface area contributed by atoms with Gasteiger partial charge in [0.05, 0.1) is 6.61 Å². The normalized spacial score (nSPS) is 13.1. The number of carbonyl (C=O) groups is 1. The molecule has 0 spiro atoms. The highest BCUT2D eigenvalue weighted by atomic mass is 32.2. The highest BCUT2D eigenvalue weighted by Crippen LogP contribution is 2.08. The average Bonchev–Trinajstić information content (AvgIpc) is 1.82. The number of hydrogen-bond donors (Lipinski definition) is 2. The van der Waals surface area contributed by atoms with Gasteiger partial charge >= 0.3 is 0 Å². The first-order valence-corrected chi connectivity index (χ1v) is 3.91. The van der Waals surface area contributed by atoms with Crippen molar-refractivity contribution in [2.45, 2.75) is 11.7 Å². The molecule has 3 N–H and O–H groups in total. The van der Waals surface area contributed by atoms with E-state index in [-0.39, 0.29) is 24.2 Å². The van der Waals surface area contributed by atoms with E-state index in [9.17, 15) is 4.79 Å². The maximum absolute atomic E-state index is 10.2. The summed E-state index contributed by atoms with van der Waals surface area (Å²) in [6.45, 7) is 0.0180. The van der Waals surface area contributed by atoms with E-state index in [0.29, 0.717) is 0 Å². The number of aliphatic hydroxyl groups is 1. The second-order valence-electron chi connectivity index (χ2n) is 1.71. The molecular weight excluding hydrogens is 138 g/mol. The van der Waals surface area contributed by atoms with Crippen molar-refractivity contribution in [3.63, 3.8) is 0 Å². The van der Waals surface area contributed by atoms with E-state index < -0.39 is 0 Å². The van der Waals surface area contributed by atoms with Gasteiger partial charge in [0.1, 0.15) is 0 Å². The van der Waals surface area contributed by atoms with Gasteiger partial charge in [0.15, 0.2) is 0 Å². The zero-order valence-electron chi connectivity index (χ0n) is 5.33. The van der Waals surface area contributed by atoms with Crippen molar-refractivity contribution in [2.75, 3.05) is 12.9 Å². The second kappa shape index (κ2) is 4.64. The molecule has 0 fully saturated rings. The first-order valence-electron chi connectivity index (χ1n) is 2.62. The lowest BCUT2D eigenvalue weighted by molar-refractivity contribution is -0.118. The molecule has 0 saturated carbocycles. The largest absolute Gasteiger partial charge is 0.395 e. The standard InChI is InChI=1S/C5H11NO2S/c1-9-4(3-7)2-5(6)8/h4,7H,2-3H2,1H3,(H2,6,8)/t4-/m0/s1. The van der Waals surface area contributed by atoms with E-state index in [4.69, 9.17) is 10.8 Å². The van der Waals surface area contributed by atoms with E-state index in [1.807, 2.05) is 6.26 Å². The number of hydrogen-bond acceptors (Lipinski definition) is 3. The highest BCUT2D eigenvalue weighted by molar-refractivity contribution is 7.99. The van der Waals surface area contributed by atoms with Gasteiger partial charge in [-0.05, 0) is 6.26 Å². The van der Waals surface area contributed by atoms with Crippen LogP contribution in [-0.4, -0.2) is 29.1 Å². The van der Waals surface area contributed by atoms with Crippen LogP contribution in [0.2, 0.25) is 0 Å². The van der Waals surface area contributed by atoms with Gasteiger partial charge in [0.25, 0.3) is 0 Å². The molecule has 0 unspecified atom stereocenters. The number of rotatable bonds is 4. The summed E-state index contributed by atoms with van der Waals surface area (Å²) in [6.07, 6.45) is 2.10. The molecule has 9 heavy (non-hydrogen) atoms. The third-order valence-corrected chi connectivity index (χ3v) is 1.95. The summed E-state index contributed by atoms with van der Waals surface area (Å²) >= 11 is 1.45. The van der Waals surface area contributed by atoms with Crippen LogP contribution in [0.3, 0.4) is 0 Å². The predicted molar refractivity (Wildman–Crippen MR) is 38.2 cm³/mol. The number of aliphatic hydroxyl groups excluding tert-OH is 1. The number of carbonyl (C=O) groups excluding carboxylic acids is 1. The minimum absolute atomic E-state index is 0.0180. The molecule has 0 aliphatic heterocycles. The van der Waals surface area contributed by atoms with Gasteiger partial charge in [0, 0.05) is 11.7 Å². The summed E-state index contributed by atoms with van der Waals surface area (Å²) in [4.78, 5) is 10.2. The Bertz CT molecular complexity index is 93.0. The molecule has 3 nitrogen and oxygen atoms in total. The molecule has 0 radical (unpaired) electrons. The lowest BCUT2D eigenvalue weighted by Gasteiger charge is -2.06. The quantitative estimate of drug-likeness (QED) is 0.571. The highest BCUT2D eigenvalue weighted by Gasteiger charge is 2.07. The lowest BCUT2D eigenvalue weighted by Crippen LogP contribution is -2.20. The molecule has 0 aliphatic carbocycles. The summed E-state index contributed by atoms with van der Waals surface area (Å²) < 4.78 is 0. The summed E-state index contributed by atoms with van der Waals surface area (Å²) in [5.41, 5.74) is 4.88. The summed E-state index contributed by atoms with van der Waals surface area (Å²) in [7, 11) is 0. The van der Waals surface area contributed by atoms with Crippen LogP contribution in [0.4, 0.5) is 0 Å². The van der Waals surface area contributed by atoms with E-state index in [1.165, 1.54) is 11.8 Å². The third kappa shape index (κ3) is 4.29. The van der Waals surface area contributed by atoms with Crippen LogP contribution in [0.15, 0.2) is 0 Å². The number of nitrogens with two attached hydrogens (primary N) is 1. The Morgan fingerprint density at radius 2 is 2.44 bits per heavy atom. The molecule has 0 aromatic carbocycles. The van der Waals surface area contributed by atoms with Crippen molar-refractivity contribution in [2.24, 2.45) is 5.73 Å². The van der Waals surface area contributed by atoms with E-state index >= 15 is 0 Å². The maximum atomic E-state index is 10.2. The Morgan fingerprint density at radius 3 is 2.56 bits per heavy atom. The minimum Gasteiger partial charge on any atom is -0.395 e. The van der Waals surface area contributed by atoms with Crippen molar-refractivity contribution in [3.8, 4) is 0 Å². The van der Waals surface area contributed by atoms with Crippen LogP contribution in [0.25, 0.3) is 0 Å². The first kappa shape index (κ1) is 8.78. The van der Waals surface area contributed by atoms with E-state index in [1.54, 1.807) is 0 Å². The zero-order valence-corrected chi connectivity index (χ0v) is 6.15. The Hall–Kier alpha value is -0.220. The van der Waals surface area contributed by atoms with Crippen molar-refractivity contribution >= 4 is 17.7 Å². The van der Waals surface area contributed by atoms with Gasteiger partial charge in [-0.25, -0.2) is 0 Å². The molecule has 0 bridgehead atoms. The van der Waals surface area contributed by atoms with Gasteiger partial charge in [0.2, 0.25) is 5.91 Å². The van der Waals surface area contributed by atoms with Crippen LogP contribution < -0.4 is 5.73 Å². The monoisotopic (exact) mass is 149 g/mol. The Balaban J connectivity index is 3.43. The fraction of sp³-hybridized carbons (Fsp3) is 0.800. The average molecular weight is 149 g/mol. The summed E-state index contributed by atoms with van der Waals surface area (Å²) in [6, 6.07) is 0. The molecule has 0 rings (SSSR count). The smallest absolute Gasteiger partial charge is 0.218 e. The fourth-order valence-electron chi connectivity index (χ4n) is 0.447. The molecule has 0 saturated heterocycles. The summed E-state index contributed by atoms with van der Waals surface area (Å²) in [5, 5.41) is 8.52. The Labute approximate surface area is 58.6 Å². The molecule has 1 amide bonds. The fourth-order valence-corrected chi connectivity index (χ4v) is 0.927. The van der Waals surface area contributed by atoms with Crippen LogP contribution in [0, 0.1) is 0 Å². The third-order valence-electron chi connectivity index (χ3n) is 0.966. The van der Waals surface area contributed by atoms with Crippen molar-refractivity contribution in [1.82, 2.24) is 0 Å². The van der Waals surface area contributed by atoms with Crippen LogP contribution in [0.5, 0.6) is 0 Å². The Morgan fingerprint density at radius 1 is 1.89 bits per heavy atom. The molecule has 4 heteroatoms. The molecule has 0 aliphatic rings. The van der Waals surface area contributed by atoms with Crippen molar-refractivity contribution < 1.29 is 9.90 Å². The zero-order chi connectivity index (χ0) is 7.28. The first-order chi connectivity index (χ1) is 4.20. The molecule has 0 aromatic heterocycles. The predicted octanol–water partition coefficient (Wildman–Crippen LogP) is -0.414. The minimum atomic E-state index is -0.358. The lowest BCUT2D eigenvalue weighted by atomic mass is 10.3.